The van der Waals surface area contributed by atoms with Gasteiger partial charge in [0.15, 0.2) is 11.6 Å². The van der Waals surface area contributed by atoms with Crippen molar-refractivity contribution in [3.63, 3.8) is 0 Å². The van der Waals surface area contributed by atoms with E-state index in [1.54, 1.807) is 6.07 Å². The van der Waals surface area contributed by atoms with Crippen molar-refractivity contribution in [2.24, 2.45) is 0 Å². The van der Waals surface area contributed by atoms with Crippen LogP contribution in [0.3, 0.4) is 0 Å². The second kappa shape index (κ2) is 8.53. The molecule has 0 radical (unpaired) electrons. The van der Waals surface area contributed by atoms with E-state index in [1.807, 2.05) is 26.8 Å². The Labute approximate surface area is 119 Å². The Hall–Kier alpha value is -1.62. The van der Waals surface area contributed by atoms with Crippen LogP contribution < -0.4 is 10.1 Å². The molecule has 0 aromatic heterocycles. The summed E-state index contributed by atoms with van der Waals surface area (Å²) in [4.78, 5) is 11.2. The lowest BCUT2D eigenvalue weighted by molar-refractivity contribution is -0.125. The molecule has 1 amide bonds. The van der Waals surface area contributed by atoms with E-state index in [0.29, 0.717) is 13.2 Å². The lowest BCUT2D eigenvalue weighted by Crippen LogP contribution is -2.31. The highest BCUT2D eigenvalue weighted by atomic mass is 19.1. The Bertz CT molecular complexity index is 435. The molecule has 0 heterocycles. The number of carbonyl (C=O) groups excluding carboxylic acids is 1. The van der Waals surface area contributed by atoms with Gasteiger partial charge in [-0.15, -0.1) is 0 Å². The zero-order valence-corrected chi connectivity index (χ0v) is 12.2. The van der Waals surface area contributed by atoms with E-state index in [-0.39, 0.29) is 36.6 Å². The van der Waals surface area contributed by atoms with Crippen molar-refractivity contribution in [3.05, 3.63) is 29.6 Å². The molecule has 0 saturated heterocycles. The Balaban J connectivity index is 2.33. The highest BCUT2D eigenvalue weighted by molar-refractivity contribution is 5.77. The predicted octanol–water partition coefficient (Wildman–Crippen LogP) is 2.48. The summed E-state index contributed by atoms with van der Waals surface area (Å²) in [5.74, 6) is -0.104. The van der Waals surface area contributed by atoms with Crippen LogP contribution in [-0.2, 0) is 9.53 Å². The lowest BCUT2D eigenvalue weighted by Gasteiger charge is -2.11. The number of amides is 1. The summed E-state index contributed by atoms with van der Waals surface area (Å²) in [7, 11) is 0. The largest absolute Gasteiger partial charge is 0.489 e. The van der Waals surface area contributed by atoms with Gasteiger partial charge in [-0.1, -0.05) is 19.9 Å². The summed E-state index contributed by atoms with van der Waals surface area (Å²) in [5.41, 5.74) is 0.930. The van der Waals surface area contributed by atoms with Crippen LogP contribution >= 0.6 is 0 Å². The first-order valence-corrected chi connectivity index (χ1v) is 6.81. The number of carbonyl (C=O) groups is 1. The number of hydrogen-bond acceptors (Lipinski definition) is 3. The standard InChI is InChI=1S/C15H22FNO3/c1-4-19-10-15(18)17-7-8-20-14-6-5-12(11(2)3)9-13(14)16/h5-6,9,11H,4,7-8,10H2,1-3H3,(H,17,18). The van der Waals surface area contributed by atoms with Crippen molar-refractivity contribution in [2.45, 2.75) is 26.7 Å². The third-order valence-electron chi connectivity index (χ3n) is 2.74. The highest BCUT2D eigenvalue weighted by Crippen LogP contribution is 2.22. The molecule has 4 nitrogen and oxygen atoms in total. The maximum atomic E-state index is 13.7. The molecular formula is C15H22FNO3. The summed E-state index contributed by atoms with van der Waals surface area (Å²) in [6, 6.07) is 4.94. The number of ether oxygens (including phenoxy) is 2. The summed E-state index contributed by atoms with van der Waals surface area (Å²) in [5, 5.41) is 2.63. The van der Waals surface area contributed by atoms with Crippen molar-refractivity contribution in [2.75, 3.05) is 26.4 Å². The van der Waals surface area contributed by atoms with Crippen LogP contribution in [0.4, 0.5) is 4.39 Å². The van der Waals surface area contributed by atoms with E-state index in [2.05, 4.69) is 5.32 Å². The average molecular weight is 283 g/mol. The van der Waals surface area contributed by atoms with Crippen molar-refractivity contribution < 1.29 is 18.7 Å². The fraction of sp³-hybridized carbons (Fsp3) is 0.533. The molecule has 0 unspecified atom stereocenters. The van der Waals surface area contributed by atoms with Crippen LogP contribution in [0.25, 0.3) is 0 Å². The molecule has 1 N–H and O–H groups in total. The van der Waals surface area contributed by atoms with Crippen molar-refractivity contribution >= 4 is 5.91 Å². The van der Waals surface area contributed by atoms with Gasteiger partial charge < -0.3 is 14.8 Å². The van der Waals surface area contributed by atoms with E-state index in [0.717, 1.165) is 5.56 Å². The van der Waals surface area contributed by atoms with Gasteiger partial charge in [-0.3, -0.25) is 4.79 Å². The van der Waals surface area contributed by atoms with Crippen molar-refractivity contribution in [1.29, 1.82) is 0 Å². The Morgan fingerprint density at radius 3 is 2.75 bits per heavy atom. The summed E-state index contributed by atoms with van der Waals surface area (Å²) >= 11 is 0. The Morgan fingerprint density at radius 2 is 2.15 bits per heavy atom. The smallest absolute Gasteiger partial charge is 0.246 e. The highest BCUT2D eigenvalue weighted by Gasteiger charge is 2.07. The van der Waals surface area contributed by atoms with Gasteiger partial charge in [0, 0.05) is 6.61 Å². The van der Waals surface area contributed by atoms with E-state index < -0.39 is 0 Å². The fourth-order valence-corrected chi connectivity index (χ4v) is 1.59. The molecule has 1 aromatic rings. The molecule has 0 saturated carbocycles. The number of rotatable bonds is 8. The van der Waals surface area contributed by atoms with Gasteiger partial charge in [0.25, 0.3) is 0 Å². The van der Waals surface area contributed by atoms with Gasteiger partial charge in [0.2, 0.25) is 5.91 Å². The topological polar surface area (TPSA) is 47.6 Å². The molecule has 0 spiro atoms. The maximum Gasteiger partial charge on any atom is 0.246 e. The number of hydrogen-bond donors (Lipinski definition) is 1. The van der Waals surface area contributed by atoms with E-state index >= 15 is 0 Å². The van der Waals surface area contributed by atoms with Gasteiger partial charge >= 0.3 is 0 Å². The van der Waals surface area contributed by atoms with Gasteiger partial charge in [-0.05, 0) is 30.5 Å². The summed E-state index contributed by atoms with van der Waals surface area (Å²) in [6.07, 6.45) is 0. The molecule has 0 fully saturated rings. The minimum Gasteiger partial charge on any atom is -0.489 e. The second-order valence-corrected chi connectivity index (χ2v) is 4.68. The zero-order chi connectivity index (χ0) is 15.0. The SMILES string of the molecule is CCOCC(=O)NCCOc1ccc(C(C)C)cc1F. The molecule has 0 bridgehead atoms. The lowest BCUT2D eigenvalue weighted by atomic mass is 10.0. The first-order valence-electron chi connectivity index (χ1n) is 6.81. The molecule has 5 heteroatoms. The quantitative estimate of drug-likeness (QED) is 0.746. The molecule has 1 rings (SSSR count). The molecule has 112 valence electrons. The molecule has 0 aliphatic carbocycles. The van der Waals surface area contributed by atoms with Crippen LogP contribution in [0.1, 0.15) is 32.3 Å². The maximum absolute atomic E-state index is 13.7. The van der Waals surface area contributed by atoms with Crippen LogP contribution in [0, 0.1) is 5.82 Å². The molecule has 0 atom stereocenters. The van der Waals surface area contributed by atoms with Crippen molar-refractivity contribution in [3.8, 4) is 5.75 Å². The molecular weight excluding hydrogens is 261 g/mol. The normalized spacial score (nSPS) is 10.7. The fourth-order valence-electron chi connectivity index (χ4n) is 1.59. The molecule has 20 heavy (non-hydrogen) atoms. The monoisotopic (exact) mass is 283 g/mol. The number of nitrogens with one attached hydrogen (secondary N) is 1. The second-order valence-electron chi connectivity index (χ2n) is 4.68. The minimum atomic E-state index is -0.378. The summed E-state index contributed by atoms with van der Waals surface area (Å²) in [6.45, 7) is 6.89. The predicted molar refractivity (Wildman–Crippen MR) is 75.5 cm³/mol. The zero-order valence-electron chi connectivity index (χ0n) is 12.2. The van der Waals surface area contributed by atoms with Gasteiger partial charge in [-0.25, -0.2) is 4.39 Å². The molecule has 1 aromatic carbocycles. The van der Waals surface area contributed by atoms with E-state index in [4.69, 9.17) is 9.47 Å². The van der Waals surface area contributed by atoms with Crippen LogP contribution in [-0.4, -0.2) is 32.3 Å². The van der Waals surface area contributed by atoms with Gasteiger partial charge in [0.05, 0.1) is 6.54 Å². The van der Waals surface area contributed by atoms with Crippen LogP contribution in [0.5, 0.6) is 5.75 Å². The van der Waals surface area contributed by atoms with Gasteiger partial charge in [0.1, 0.15) is 13.2 Å². The first-order chi connectivity index (χ1) is 9.54. The third-order valence-corrected chi connectivity index (χ3v) is 2.74. The Morgan fingerprint density at radius 1 is 1.40 bits per heavy atom. The van der Waals surface area contributed by atoms with E-state index in [1.165, 1.54) is 6.07 Å². The minimum absolute atomic E-state index is 0.0357. The van der Waals surface area contributed by atoms with Crippen molar-refractivity contribution in [1.82, 2.24) is 5.32 Å². The Kier molecular flexibility index (Phi) is 7.01. The molecule has 0 aliphatic rings. The van der Waals surface area contributed by atoms with Gasteiger partial charge in [-0.2, -0.15) is 0 Å². The summed E-state index contributed by atoms with van der Waals surface area (Å²) < 4.78 is 24.0. The number of halogens is 1. The van der Waals surface area contributed by atoms with E-state index in [9.17, 15) is 9.18 Å². The number of benzene rings is 1. The molecule has 0 aliphatic heterocycles. The van der Waals surface area contributed by atoms with Crippen LogP contribution in [0.15, 0.2) is 18.2 Å². The third kappa shape index (κ3) is 5.57. The first kappa shape index (κ1) is 16.4. The average Bonchev–Trinajstić information content (AvgIpc) is 2.42. The van der Waals surface area contributed by atoms with Crippen LogP contribution in [0.2, 0.25) is 0 Å².